The first kappa shape index (κ1) is 15.2. The van der Waals surface area contributed by atoms with Crippen molar-refractivity contribution in [3.05, 3.63) is 52.8 Å². The van der Waals surface area contributed by atoms with Gasteiger partial charge < -0.3 is 0 Å². The minimum atomic E-state index is -0.283. The number of hydrogen-bond donors (Lipinski definition) is 0. The summed E-state index contributed by atoms with van der Waals surface area (Å²) in [6.45, 7) is 9.88. The smallest absolute Gasteiger partial charge is 0.259 e. The molecule has 21 heavy (non-hydrogen) atoms. The van der Waals surface area contributed by atoms with Gasteiger partial charge in [-0.1, -0.05) is 18.2 Å². The molecule has 0 radical (unpaired) electrons. The third-order valence-electron chi connectivity index (χ3n) is 2.90. The highest BCUT2D eigenvalue weighted by atomic mass is 16.1. The van der Waals surface area contributed by atoms with Crippen LogP contribution in [0.25, 0.3) is 5.69 Å². The fourth-order valence-corrected chi connectivity index (χ4v) is 2.02. The van der Waals surface area contributed by atoms with Gasteiger partial charge in [0.15, 0.2) is 0 Å². The van der Waals surface area contributed by atoms with Crippen LogP contribution < -0.4 is 11.3 Å². The molecule has 112 valence electrons. The molecule has 5 heteroatoms. The number of aromatic nitrogens is 3. The topological polar surface area (TPSA) is 52.2 Å². The van der Waals surface area contributed by atoms with Gasteiger partial charge >= 0.3 is 5.69 Å². The van der Waals surface area contributed by atoms with Crippen LogP contribution in [0, 0.1) is 0 Å². The SMILES string of the molecule is CC(C)n1c(=O)n(-c2ccccc2)cn/c1=N\C(C)(C)C. The number of nitrogens with zero attached hydrogens (tertiary/aromatic N) is 4. The maximum atomic E-state index is 12.7. The average molecular weight is 286 g/mol. The Morgan fingerprint density at radius 2 is 1.76 bits per heavy atom. The van der Waals surface area contributed by atoms with Gasteiger partial charge in [0.2, 0.25) is 5.62 Å². The van der Waals surface area contributed by atoms with Crippen LogP contribution in [-0.2, 0) is 0 Å². The number of rotatable bonds is 2. The highest BCUT2D eigenvalue weighted by molar-refractivity contribution is 5.30. The van der Waals surface area contributed by atoms with Crippen molar-refractivity contribution in [3.63, 3.8) is 0 Å². The molecule has 1 aromatic carbocycles. The molecule has 0 saturated heterocycles. The summed E-state index contributed by atoms with van der Waals surface area (Å²) in [4.78, 5) is 21.7. The van der Waals surface area contributed by atoms with E-state index in [-0.39, 0.29) is 17.3 Å². The predicted octanol–water partition coefficient (Wildman–Crippen LogP) is 2.31. The van der Waals surface area contributed by atoms with Gasteiger partial charge in [-0.3, -0.25) is 9.13 Å². The van der Waals surface area contributed by atoms with E-state index in [2.05, 4.69) is 9.98 Å². The van der Waals surface area contributed by atoms with E-state index in [1.807, 2.05) is 65.0 Å². The second-order valence-corrected chi connectivity index (χ2v) is 6.28. The van der Waals surface area contributed by atoms with Gasteiger partial charge in [0.25, 0.3) is 0 Å². The minimum Gasteiger partial charge on any atom is -0.259 e. The first-order valence-electron chi connectivity index (χ1n) is 7.11. The first-order valence-corrected chi connectivity index (χ1v) is 7.11. The van der Waals surface area contributed by atoms with Crippen LogP contribution in [0.5, 0.6) is 0 Å². The Morgan fingerprint density at radius 3 is 2.29 bits per heavy atom. The summed E-state index contributed by atoms with van der Waals surface area (Å²) in [5, 5.41) is 0. The summed E-state index contributed by atoms with van der Waals surface area (Å²) >= 11 is 0. The number of hydrogen-bond acceptors (Lipinski definition) is 3. The highest BCUT2D eigenvalue weighted by Crippen LogP contribution is 2.06. The van der Waals surface area contributed by atoms with Crippen LogP contribution >= 0.6 is 0 Å². The zero-order chi connectivity index (χ0) is 15.6. The molecule has 5 nitrogen and oxygen atoms in total. The minimum absolute atomic E-state index is 0.0118. The fraction of sp³-hybridized carbons (Fsp3) is 0.438. The summed E-state index contributed by atoms with van der Waals surface area (Å²) in [5.41, 5.74) is 0.852. The van der Waals surface area contributed by atoms with Crippen LogP contribution in [0.3, 0.4) is 0 Å². The Kier molecular flexibility index (Phi) is 4.11. The molecule has 0 aliphatic rings. The monoisotopic (exact) mass is 286 g/mol. The zero-order valence-electron chi connectivity index (χ0n) is 13.2. The molecule has 1 heterocycles. The molecule has 0 N–H and O–H groups in total. The van der Waals surface area contributed by atoms with Crippen molar-refractivity contribution < 1.29 is 0 Å². The van der Waals surface area contributed by atoms with Gasteiger partial charge in [0, 0.05) is 6.04 Å². The lowest BCUT2D eigenvalue weighted by Crippen LogP contribution is -2.43. The van der Waals surface area contributed by atoms with Crippen molar-refractivity contribution in [2.45, 2.75) is 46.2 Å². The largest absolute Gasteiger partial charge is 0.336 e. The molecule has 0 aliphatic heterocycles. The molecule has 1 aromatic heterocycles. The van der Waals surface area contributed by atoms with Crippen LogP contribution in [-0.4, -0.2) is 19.7 Å². The van der Waals surface area contributed by atoms with Crippen molar-refractivity contribution in [1.29, 1.82) is 0 Å². The third kappa shape index (κ3) is 3.48. The van der Waals surface area contributed by atoms with E-state index in [1.54, 1.807) is 15.5 Å². The molecule has 0 unspecified atom stereocenters. The summed E-state index contributed by atoms with van der Waals surface area (Å²) in [6, 6.07) is 9.47. The molecule has 2 rings (SSSR count). The number of para-hydroxylation sites is 1. The molecule has 0 bridgehead atoms. The molecule has 0 amide bonds. The van der Waals surface area contributed by atoms with Crippen molar-refractivity contribution in [2.24, 2.45) is 4.99 Å². The summed E-state index contributed by atoms with van der Waals surface area (Å²) in [7, 11) is 0. The molecular formula is C16H22N4O. The first-order chi connectivity index (χ1) is 9.79. The fourth-order valence-electron chi connectivity index (χ4n) is 2.02. The van der Waals surface area contributed by atoms with Gasteiger partial charge in [0.1, 0.15) is 6.33 Å². The molecule has 2 aromatic rings. The van der Waals surface area contributed by atoms with Crippen molar-refractivity contribution >= 4 is 0 Å². The van der Waals surface area contributed by atoms with Crippen molar-refractivity contribution in [1.82, 2.24) is 14.1 Å². The Bertz CT molecular complexity index is 733. The van der Waals surface area contributed by atoms with Gasteiger partial charge in [0.05, 0.1) is 11.2 Å². The molecule has 0 aliphatic carbocycles. The van der Waals surface area contributed by atoms with E-state index in [0.717, 1.165) is 5.69 Å². The van der Waals surface area contributed by atoms with Gasteiger partial charge in [-0.15, -0.1) is 0 Å². The maximum absolute atomic E-state index is 12.7. The maximum Gasteiger partial charge on any atom is 0.336 e. The average Bonchev–Trinajstić information content (AvgIpc) is 2.37. The van der Waals surface area contributed by atoms with Crippen molar-refractivity contribution in [2.75, 3.05) is 0 Å². The Balaban J connectivity index is 2.74. The van der Waals surface area contributed by atoms with Crippen molar-refractivity contribution in [3.8, 4) is 5.69 Å². The summed E-state index contributed by atoms with van der Waals surface area (Å²) < 4.78 is 3.17. The van der Waals surface area contributed by atoms with Crippen LogP contribution in [0.15, 0.2) is 46.4 Å². The lowest BCUT2D eigenvalue weighted by atomic mass is 10.1. The zero-order valence-corrected chi connectivity index (χ0v) is 13.2. The van der Waals surface area contributed by atoms with E-state index in [0.29, 0.717) is 5.62 Å². The van der Waals surface area contributed by atoms with E-state index in [4.69, 9.17) is 0 Å². The Labute approximate surface area is 124 Å². The van der Waals surface area contributed by atoms with Gasteiger partial charge in [-0.25, -0.2) is 14.8 Å². The van der Waals surface area contributed by atoms with E-state index >= 15 is 0 Å². The lowest BCUT2D eigenvalue weighted by Gasteiger charge is -2.16. The van der Waals surface area contributed by atoms with E-state index < -0.39 is 0 Å². The lowest BCUT2D eigenvalue weighted by molar-refractivity contribution is 0.470. The van der Waals surface area contributed by atoms with Crippen LogP contribution in [0.2, 0.25) is 0 Å². The van der Waals surface area contributed by atoms with Gasteiger partial charge in [-0.2, -0.15) is 0 Å². The van der Waals surface area contributed by atoms with E-state index in [1.165, 1.54) is 0 Å². The second kappa shape index (κ2) is 5.68. The standard InChI is InChI=1S/C16H22N4O/c1-12(2)20-14(18-16(3,4)5)17-11-19(15(20)21)13-9-7-6-8-10-13/h6-12H,1-5H3/b18-14+. The number of benzene rings is 1. The quantitative estimate of drug-likeness (QED) is 0.850. The normalized spacial score (nSPS) is 13.0. The van der Waals surface area contributed by atoms with Crippen LogP contribution in [0.4, 0.5) is 0 Å². The molecule has 0 fully saturated rings. The Hall–Kier alpha value is -2.17. The highest BCUT2D eigenvalue weighted by Gasteiger charge is 2.13. The summed E-state index contributed by atoms with van der Waals surface area (Å²) in [6.07, 6.45) is 1.54. The molecular weight excluding hydrogens is 264 g/mol. The third-order valence-corrected chi connectivity index (χ3v) is 2.90. The van der Waals surface area contributed by atoms with Gasteiger partial charge in [-0.05, 0) is 46.8 Å². The van der Waals surface area contributed by atoms with Crippen LogP contribution in [0.1, 0.15) is 40.7 Å². The predicted molar refractivity (Wildman–Crippen MR) is 83.5 cm³/mol. The van der Waals surface area contributed by atoms with E-state index in [9.17, 15) is 4.79 Å². The molecule has 0 saturated carbocycles. The second-order valence-electron chi connectivity index (χ2n) is 6.28. The Morgan fingerprint density at radius 1 is 1.14 bits per heavy atom. The molecule has 0 spiro atoms. The summed E-state index contributed by atoms with van der Waals surface area (Å²) in [5.74, 6) is 0. The molecule has 0 atom stereocenters.